The van der Waals surface area contributed by atoms with Crippen molar-refractivity contribution in [1.29, 1.82) is 0 Å². The topological polar surface area (TPSA) is 36.5 Å². The lowest BCUT2D eigenvalue weighted by Crippen LogP contribution is -2.44. The van der Waals surface area contributed by atoms with E-state index < -0.39 is 0 Å². The van der Waals surface area contributed by atoms with Crippen molar-refractivity contribution < 1.29 is 4.74 Å². The summed E-state index contributed by atoms with van der Waals surface area (Å²) >= 11 is 5.60. The molecule has 0 saturated carbocycles. The van der Waals surface area contributed by atoms with Gasteiger partial charge in [-0.1, -0.05) is 36.4 Å². The minimum absolute atomic E-state index is 0.139. The quantitative estimate of drug-likeness (QED) is 0.787. The van der Waals surface area contributed by atoms with E-state index in [1.54, 1.807) is 0 Å². The van der Waals surface area contributed by atoms with Gasteiger partial charge in [0, 0.05) is 25.3 Å². The maximum absolute atomic E-state index is 5.60. The van der Waals surface area contributed by atoms with Crippen molar-refractivity contribution in [2.45, 2.75) is 19.9 Å². The van der Waals surface area contributed by atoms with Crippen molar-refractivity contribution in [2.24, 2.45) is 0 Å². The Balaban J connectivity index is 1.68. The zero-order valence-electron chi connectivity index (χ0n) is 15.5. The van der Waals surface area contributed by atoms with Gasteiger partial charge in [-0.05, 0) is 54.9 Å². The first-order valence-corrected chi connectivity index (χ1v) is 9.52. The molecule has 3 rings (SSSR count). The Morgan fingerprint density at radius 1 is 1.08 bits per heavy atom. The molecule has 0 unspecified atom stereocenters. The summed E-state index contributed by atoms with van der Waals surface area (Å²) in [7, 11) is 0. The highest BCUT2D eigenvalue weighted by Crippen LogP contribution is 2.17. The summed E-state index contributed by atoms with van der Waals surface area (Å²) in [5, 5.41) is 7.49. The van der Waals surface area contributed by atoms with Gasteiger partial charge in [-0.2, -0.15) is 0 Å². The summed E-state index contributed by atoms with van der Waals surface area (Å²) in [6, 6.07) is 17.0. The molecule has 0 bridgehead atoms. The molecule has 0 spiro atoms. The van der Waals surface area contributed by atoms with E-state index in [0.717, 1.165) is 38.5 Å². The summed E-state index contributed by atoms with van der Waals surface area (Å²) in [5.74, 6) is 0. The van der Waals surface area contributed by atoms with E-state index in [0.29, 0.717) is 5.11 Å². The molecule has 1 fully saturated rings. The number of anilines is 1. The SMILES string of the molecule is Cc1cc(C)cc(NC(=S)N[C@@H](CN2CCOCC2)c2ccccc2)c1. The smallest absolute Gasteiger partial charge is 0.171 e. The third kappa shape index (κ3) is 5.53. The maximum Gasteiger partial charge on any atom is 0.171 e. The summed E-state index contributed by atoms with van der Waals surface area (Å²) in [4.78, 5) is 2.42. The number of aryl methyl sites for hydroxylation is 2. The second-order valence-corrected chi connectivity index (χ2v) is 7.26. The first kappa shape index (κ1) is 18.8. The molecule has 1 aliphatic heterocycles. The van der Waals surface area contributed by atoms with Crippen molar-refractivity contribution in [3.63, 3.8) is 0 Å². The highest BCUT2D eigenvalue weighted by molar-refractivity contribution is 7.80. The lowest BCUT2D eigenvalue weighted by atomic mass is 10.1. The van der Waals surface area contributed by atoms with Crippen molar-refractivity contribution in [3.8, 4) is 0 Å². The molecule has 1 heterocycles. The van der Waals surface area contributed by atoms with Crippen LogP contribution in [0, 0.1) is 13.8 Å². The van der Waals surface area contributed by atoms with Crippen LogP contribution in [0.5, 0.6) is 0 Å². The minimum atomic E-state index is 0.139. The average molecular weight is 370 g/mol. The monoisotopic (exact) mass is 369 g/mol. The van der Waals surface area contributed by atoms with Crippen LogP contribution in [0.25, 0.3) is 0 Å². The van der Waals surface area contributed by atoms with Crippen LogP contribution in [0.4, 0.5) is 5.69 Å². The van der Waals surface area contributed by atoms with E-state index >= 15 is 0 Å². The molecule has 4 nitrogen and oxygen atoms in total. The third-order valence-electron chi connectivity index (χ3n) is 4.53. The predicted molar refractivity (Wildman–Crippen MR) is 112 cm³/mol. The molecule has 26 heavy (non-hydrogen) atoms. The zero-order valence-corrected chi connectivity index (χ0v) is 16.3. The largest absolute Gasteiger partial charge is 0.379 e. The molecule has 138 valence electrons. The number of thiocarbonyl (C=S) groups is 1. The van der Waals surface area contributed by atoms with Gasteiger partial charge in [0.15, 0.2) is 5.11 Å². The molecule has 1 atom stereocenters. The average Bonchev–Trinajstić information content (AvgIpc) is 2.62. The number of rotatable bonds is 5. The Morgan fingerprint density at radius 2 is 1.73 bits per heavy atom. The second-order valence-electron chi connectivity index (χ2n) is 6.85. The first-order valence-electron chi connectivity index (χ1n) is 9.11. The van der Waals surface area contributed by atoms with Gasteiger partial charge in [0.05, 0.1) is 19.3 Å². The lowest BCUT2D eigenvalue weighted by molar-refractivity contribution is 0.0344. The Labute approximate surface area is 161 Å². The molecule has 5 heteroatoms. The molecule has 0 aromatic heterocycles. The van der Waals surface area contributed by atoms with E-state index in [4.69, 9.17) is 17.0 Å². The lowest BCUT2D eigenvalue weighted by Gasteiger charge is -2.31. The third-order valence-corrected chi connectivity index (χ3v) is 4.75. The highest BCUT2D eigenvalue weighted by Gasteiger charge is 2.19. The number of nitrogens with zero attached hydrogens (tertiary/aromatic N) is 1. The van der Waals surface area contributed by atoms with Crippen molar-refractivity contribution in [1.82, 2.24) is 10.2 Å². The molecule has 0 amide bonds. The molecule has 2 N–H and O–H groups in total. The minimum Gasteiger partial charge on any atom is -0.379 e. The van der Waals surface area contributed by atoms with E-state index in [1.165, 1.54) is 16.7 Å². The fraction of sp³-hybridized carbons (Fsp3) is 0.381. The Bertz CT molecular complexity index is 709. The number of morpholine rings is 1. The van der Waals surface area contributed by atoms with Crippen LogP contribution in [0.15, 0.2) is 48.5 Å². The summed E-state index contributed by atoms with van der Waals surface area (Å²) in [6.07, 6.45) is 0. The van der Waals surface area contributed by atoms with Crippen molar-refractivity contribution >= 4 is 23.0 Å². The predicted octanol–water partition coefficient (Wildman–Crippen LogP) is 3.66. The van der Waals surface area contributed by atoms with Crippen molar-refractivity contribution in [2.75, 3.05) is 38.2 Å². The van der Waals surface area contributed by atoms with Crippen LogP contribution in [0.1, 0.15) is 22.7 Å². The van der Waals surface area contributed by atoms with Gasteiger partial charge in [0.1, 0.15) is 0 Å². The van der Waals surface area contributed by atoms with Crippen molar-refractivity contribution in [3.05, 3.63) is 65.2 Å². The number of nitrogens with one attached hydrogen (secondary N) is 2. The summed E-state index contributed by atoms with van der Waals surface area (Å²) in [6.45, 7) is 8.62. The summed E-state index contributed by atoms with van der Waals surface area (Å²) < 4.78 is 5.47. The second kappa shape index (κ2) is 9.12. The van der Waals surface area contributed by atoms with Gasteiger partial charge in [-0.25, -0.2) is 0 Å². The van der Waals surface area contributed by atoms with Crippen LogP contribution in [0.2, 0.25) is 0 Å². The first-order chi connectivity index (χ1) is 12.6. The Hall–Kier alpha value is -1.95. The normalized spacial score (nSPS) is 16.1. The van der Waals surface area contributed by atoms with Gasteiger partial charge >= 0.3 is 0 Å². The van der Waals surface area contributed by atoms with E-state index in [2.05, 4.69) is 71.8 Å². The van der Waals surface area contributed by atoms with Gasteiger partial charge < -0.3 is 15.4 Å². The summed E-state index contributed by atoms with van der Waals surface area (Å²) in [5.41, 5.74) is 4.72. The molecule has 2 aromatic rings. The van der Waals surface area contributed by atoms with E-state index in [1.807, 2.05) is 6.07 Å². The van der Waals surface area contributed by atoms with Crippen LogP contribution in [-0.2, 0) is 4.74 Å². The number of benzene rings is 2. The van der Waals surface area contributed by atoms with E-state index in [9.17, 15) is 0 Å². The molecule has 1 aliphatic rings. The van der Waals surface area contributed by atoms with Crippen LogP contribution >= 0.6 is 12.2 Å². The number of hydrogen-bond acceptors (Lipinski definition) is 3. The zero-order chi connectivity index (χ0) is 18.4. The molecule has 1 saturated heterocycles. The van der Waals surface area contributed by atoms with Crippen LogP contribution in [-0.4, -0.2) is 42.9 Å². The molecule has 0 aliphatic carbocycles. The van der Waals surface area contributed by atoms with Gasteiger partial charge in [-0.3, -0.25) is 4.90 Å². The fourth-order valence-electron chi connectivity index (χ4n) is 3.33. The standard InChI is InChI=1S/C21H27N3OS/c1-16-12-17(2)14-19(13-16)22-21(26)23-20(18-6-4-3-5-7-18)15-24-8-10-25-11-9-24/h3-7,12-14,20H,8-11,15H2,1-2H3,(H2,22,23,26)/t20-/m0/s1. The van der Waals surface area contributed by atoms with Crippen LogP contribution < -0.4 is 10.6 Å². The van der Waals surface area contributed by atoms with Gasteiger partial charge in [0.2, 0.25) is 0 Å². The number of ether oxygens (including phenoxy) is 1. The molecular weight excluding hydrogens is 342 g/mol. The van der Waals surface area contributed by atoms with Crippen LogP contribution in [0.3, 0.4) is 0 Å². The fourth-order valence-corrected chi connectivity index (χ4v) is 3.59. The van der Waals surface area contributed by atoms with Gasteiger partial charge in [-0.15, -0.1) is 0 Å². The molecular formula is C21H27N3OS. The maximum atomic E-state index is 5.60. The van der Waals surface area contributed by atoms with E-state index in [-0.39, 0.29) is 6.04 Å². The molecule has 0 radical (unpaired) electrons. The van der Waals surface area contributed by atoms with Gasteiger partial charge in [0.25, 0.3) is 0 Å². The highest BCUT2D eigenvalue weighted by atomic mass is 32.1. The Kier molecular flexibility index (Phi) is 6.61. The number of hydrogen-bond donors (Lipinski definition) is 2. The molecule has 2 aromatic carbocycles. The Morgan fingerprint density at radius 3 is 2.38 bits per heavy atom.